The molecule has 0 amide bonds. The van der Waals surface area contributed by atoms with E-state index in [9.17, 15) is 5.11 Å². The molecule has 0 heterocycles. The Morgan fingerprint density at radius 1 is 0.852 bits per heavy atom. The van der Waals surface area contributed by atoms with Gasteiger partial charge in [-0.3, -0.25) is 0 Å². The van der Waals surface area contributed by atoms with E-state index < -0.39 is 0 Å². The molecule has 136 valence electrons. The average molecular weight is 396 g/mol. The second-order valence-corrected chi connectivity index (χ2v) is 5.75. The molecule has 3 aromatic carbocycles. The molecule has 1 aliphatic carbocycles. The van der Waals surface area contributed by atoms with E-state index in [1.54, 1.807) is 6.08 Å². The summed E-state index contributed by atoms with van der Waals surface area (Å²) in [7, 11) is 1.39. The zero-order valence-electron chi connectivity index (χ0n) is 15.0. The summed E-state index contributed by atoms with van der Waals surface area (Å²) in [5.74, 6) is -0.293. The van der Waals surface area contributed by atoms with Crippen molar-refractivity contribution in [1.29, 1.82) is 0 Å². The number of hydrogen-bond donors (Lipinski definition) is 0. The smallest absolute Gasteiger partial charge is 0.616 e. The van der Waals surface area contributed by atoms with Gasteiger partial charge in [0.05, 0.1) is 5.95 Å². The molecule has 0 aliphatic heterocycles. The van der Waals surface area contributed by atoms with Crippen molar-refractivity contribution in [3.8, 4) is 11.1 Å². The first-order valence-electron chi connectivity index (χ1n) is 8.46. The number of methoxy groups -OCH3 is 1. The van der Waals surface area contributed by atoms with E-state index in [4.69, 9.17) is 4.74 Å². The predicted octanol–water partition coefficient (Wildman–Crippen LogP) is 4.93. The van der Waals surface area contributed by atoms with Crippen LogP contribution in [0.25, 0.3) is 16.7 Å². The number of allylic oxidation sites excluding steroid dienone is 5. The van der Waals surface area contributed by atoms with Crippen LogP contribution in [0.3, 0.4) is 0 Å². The van der Waals surface area contributed by atoms with E-state index in [2.05, 4.69) is 48.5 Å². The summed E-state index contributed by atoms with van der Waals surface area (Å²) >= 11 is 0. The molecule has 0 unspecified atom stereocenters. The van der Waals surface area contributed by atoms with Gasteiger partial charge < -0.3 is 9.84 Å². The molecule has 0 radical (unpaired) electrons. The van der Waals surface area contributed by atoms with Gasteiger partial charge >= 0.3 is 17.1 Å². The summed E-state index contributed by atoms with van der Waals surface area (Å²) in [6.45, 7) is 0. The van der Waals surface area contributed by atoms with Crippen LogP contribution in [0.15, 0.2) is 115 Å². The van der Waals surface area contributed by atoms with Gasteiger partial charge in [-0.15, -0.1) is 11.6 Å². The third-order valence-corrected chi connectivity index (χ3v) is 4.08. The number of benzene rings is 2. The fourth-order valence-electron chi connectivity index (χ4n) is 2.77. The molecule has 4 rings (SSSR count). The molecule has 3 aromatic rings. The molecule has 0 fully saturated rings. The minimum Gasteiger partial charge on any atom is -0.616 e. The average Bonchev–Trinajstić information content (AvgIpc) is 3.41. The van der Waals surface area contributed by atoms with E-state index in [1.807, 2.05) is 48.6 Å². The van der Waals surface area contributed by atoms with E-state index >= 15 is 0 Å². The number of rotatable bonds is 3. The Kier molecular flexibility index (Phi) is 7.81. The van der Waals surface area contributed by atoms with Crippen molar-refractivity contribution in [2.75, 3.05) is 7.11 Å². The van der Waals surface area contributed by atoms with Gasteiger partial charge in [-0.1, -0.05) is 78.9 Å². The van der Waals surface area contributed by atoms with Crippen LogP contribution in [0.2, 0.25) is 0 Å². The van der Waals surface area contributed by atoms with Crippen molar-refractivity contribution in [2.45, 2.75) is 0 Å². The van der Waals surface area contributed by atoms with Gasteiger partial charge in [-0.2, -0.15) is 23.8 Å². The van der Waals surface area contributed by atoms with Crippen LogP contribution in [-0.2, 0) is 21.8 Å². The molecule has 27 heavy (non-hydrogen) atoms. The largest absolute Gasteiger partial charge is 2.00 e. The summed E-state index contributed by atoms with van der Waals surface area (Å²) in [5.41, 5.74) is 5.15. The number of ether oxygens (including phenoxy) is 1. The zero-order chi connectivity index (χ0) is 18.2. The fourth-order valence-corrected chi connectivity index (χ4v) is 2.77. The van der Waals surface area contributed by atoms with Gasteiger partial charge in [0.2, 0.25) is 0 Å². The minimum absolute atomic E-state index is 0. The first-order chi connectivity index (χ1) is 12.8. The Balaban J connectivity index is 0.000000194. The molecule has 0 bridgehead atoms. The topological polar surface area (TPSA) is 32.3 Å². The van der Waals surface area contributed by atoms with Gasteiger partial charge in [0, 0.05) is 5.57 Å². The van der Waals surface area contributed by atoms with Gasteiger partial charge in [0.1, 0.15) is 0 Å². The van der Waals surface area contributed by atoms with Gasteiger partial charge in [-0.05, 0) is 18.2 Å². The van der Waals surface area contributed by atoms with Crippen LogP contribution in [0.4, 0.5) is 0 Å². The van der Waals surface area contributed by atoms with Crippen molar-refractivity contribution < 1.29 is 26.9 Å². The van der Waals surface area contributed by atoms with E-state index in [0.29, 0.717) is 5.57 Å². The van der Waals surface area contributed by atoms with Crippen molar-refractivity contribution in [3.05, 3.63) is 120 Å². The fraction of sp³-hybridized carbons (Fsp3) is 0.0417. The third-order valence-electron chi connectivity index (χ3n) is 4.08. The molecule has 0 saturated carbocycles. The normalized spacial score (nSPS) is 13.7. The maximum atomic E-state index is 11.4. The molecule has 0 aromatic heterocycles. The minimum atomic E-state index is -0.293. The molecule has 1 aliphatic rings. The summed E-state index contributed by atoms with van der Waals surface area (Å²) in [6.07, 6.45) is 5.55. The van der Waals surface area contributed by atoms with Crippen molar-refractivity contribution >= 4 is 5.57 Å². The van der Waals surface area contributed by atoms with E-state index in [-0.39, 0.29) is 23.0 Å². The van der Waals surface area contributed by atoms with Gasteiger partial charge in [0.15, 0.2) is 0 Å². The van der Waals surface area contributed by atoms with Crippen molar-refractivity contribution in [2.24, 2.45) is 0 Å². The standard InChI is InChI=1S/C13H12O2.C11H9.Fe/c1-15-13(14)12-9-5-8-11(12)10-6-3-2-4-7-10;1-2-6-10(7-3-1)11-8-4-5-9-11;/h2-9,14H,1H3;1-9H;/q;-1;+2/p-1. The second kappa shape index (κ2) is 10.3. The van der Waals surface area contributed by atoms with Crippen LogP contribution in [0.1, 0.15) is 5.56 Å². The molecule has 0 N–H and O–H groups in total. The van der Waals surface area contributed by atoms with Crippen LogP contribution in [0, 0.1) is 0 Å². The predicted molar refractivity (Wildman–Crippen MR) is 105 cm³/mol. The molecule has 0 atom stereocenters. The maximum absolute atomic E-state index is 11.4. The molecular weight excluding hydrogens is 376 g/mol. The summed E-state index contributed by atoms with van der Waals surface area (Å²) < 4.78 is 4.72. The van der Waals surface area contributed by atoms with E-state index in [1.165, 1.54) is 18.2 Å². The molecule has 0 saturated heterocycles. The first kappa shape index (κ1) is 20.4. The first-order valence-corrected chi connectivity index (χ1v) is 8.46. The Bertz CT molecular complexity index is 906. The molecule has 3 heteroatoms. The Hall–Kier alpha value is -2.87. The monoisotopic (exact) mass is 396 g/mol. The third kappa shape index (κ3) is 5.30. The van der Waals surface area contributed by atoms with Crippen LogP contribution in [-0.4, -0.2) is 7.11 Å². The second-order valence-electron chi connectivity index (χ2n) is 5.75. The molecular formula is C24H20FeO2. The van der Waals surface area contributed by atoms with Gasteiger partial charge in [0.25, 0.3) is 0 Å². The Morgan fingerprint density at radius 3 is 2.04 bits per heavy atom. The Morgan fingerprint density at radius 2 is 1.48 bits per heavy atom. The zero-order valence-corrected chi connectivity index (χ0v) is 16.1. The summed E-state index contributed by atoms with van der Waals surface area (Å²) in [6, 6.07) is 28.5. The van der Waals surface area contributed by atoms with Crippen LogP contribution >= 0.6 is 0 Å². The Labute approximate surface area is 171 Å². The molecule has 0 spiro atoms. The van der Waals surface area contributed by atoms with Crippen LogP contribution in [0.5, 0.6) is 0 Å². The summed E-state index contributed by atoms with van der Waals surface area (Å²) in [4.78, 5) is 0. The summed E-state index contributed by atoms with van der Waals surface area (Å²) in [5, 5.41) is 11.4. The van der Waals surface area contributed by atoms with Crippen molar-refractivity contribution in [1.82, 2.24) is 0 Å². The van der Waals surface area contributed by atoms with Crippen molar-refractivity contribution in [3.63, 3.8) is 0 Å². The van der Waals surface area contributed by atoms with Crippen LogP contribution < -0.4 is 5.11 Å². The molecule has 2 nitrogen and oxygen atoms in total. The van der Waals surface area contributed by atoms with E-state index in [0.717, 1.165) is 11.1 Å². The SMILES string of the molecule is COC([O-])=C1C=CC=C1c1ccccc1.[Fe+2].c1ccc(-c2ccc[cH-]2)cc1. The maximum Gasteiger partial charge on any atom is 2.00 e. The number of hydrogen-bond acceptors (Lipinski definition) is 2. The quantitative estimate of drug-likeness (QED) is 0.357. The van der Waals surface area contributed by atoms with Gasteiger partial charge in [-0.25, -0.2) is 0 Å².